The lowest BCUT2D eigenvalue weighted by atomic mass is 10.0. The maximum absolute atomic E-state index is 4.75. The fourth-order valence-electron chi connectivity index (χ4n) is 2.78. The van der Waals surface area contributed by atoms with Crippen molar-refractivity contribution >= 4 is 21.5 Å². The summed E-state index contributed by atoms with van der Waals surface area (Å²) < 4.78 is 1.01. The molecule has 0 bridgehead atoms. The fourth-order valence-corrected chi connectivity index (χ4v) is 3.18. The third kappa shape index (κ3) is 3.59. The first kappa shape index (κ1) is 15.9. The summed E-state index contributed by atoms with van der Waals surface area (Å²) in [4.78, 5) is 14.2. The maximum Gasteiger partial charge on any atom is 0.164 e. The normalized spacial score (nSPS) is 13.6. The minimum absolute atomic E-state index is 0.695. The lowest BCUT2D eigenvalue weighted by Crippen LogP contribution is -2.03. The highest BCUT2D eigenvalue weighted by atomic mass is 79.9. The van der Waals surface area contributed by atoms with Gasteiger partial charge in [-0.3, -0.25) is 0 Å². The predicted molar refractivity (Wildman–Crippen MR) is 105 cm³/mol. The highest BCUT2D eigenvalue weighted by Gasteiger charge is 2.14. The third-order valence-electron chi connectivity index (χ3n) is 4.05. The van der Waals surface area contributed by atoms with E-state index in [-0.39, 0.29) is 0 Å². The number of allylic oxidation sites excluding steroid dienone is 4. The van der Waals surface area contributed by atoms with Crippen LogP contribution < -0.4 is 0 Å². The molecule has 0 saturated heterocycles. The molecule has 25 heavy (non-hydrogen) atoms. The molecule has 0 N–H and O–H groups in total. The zero-order valence-electron chi connectivity index (χ0n) is 13.6. The van der Waals surface area contributed by atoms with Crippen LogP contribution in [0.15, 0.2) is 77.3 Å². The molecule has 1 heterocycles. The number of rotatable bonds is 3. The monoisotopic (exact) mass is 389 g/mol. The lowest BCUT2D eigenvalue weighted by Gasteiger charge is -2.11. The predicted octanol–water partition coefficient (Wildman–Crippen LogP) is 5.70. The standard InChI is InChI=1S/C21H16BrN3/c22-18-13-7-12-17(14-18)21-24-19(15-8-3-1-4-9-15)23-20(25-21)16-10-5-2-6-11-16/h1-5,7-10,12-14H,6,11H2. The van der Waals surface area contributed by atoms with Crippen LogP contribution in [0.1, 0.15) is 18.7 Å². The molecule has 1 aliphatic rings. The molecule has 0 spiro atoms. The Morgan fingerprint density at radius 1 is 0.760 bits per heavy atom. The molecular formula is C21H16BrN3. The van der Waals surface area contributed by atoms with Gasteiger partial charge in [0.1, 0.15) is 0 Å². The Morgan fingerprint density at radius 2 is 1.48 bits per heavy atom. The Bertz CT molecular complexity index is 962. The van der Waals surface area contributed by atoms with E-state index in [2.05, 4.69) is 34.2 Å². The van der Waals surface area contributed by atoms with E-state index in [0.29, 0.717) is 11.6 Å². The largest absolute Gasteiger partial charge is 0.209 e. The minimum Gasteiger partial charge on any atom is -0.209 e. The maximum atomic E-state index is 4.75. The van der Waals surface area contributed by atoms with Crippen molar-refractivity contribution in [3.8, 4) is 22.8 Å². The molecule has 0 aliphatic heterocycles. The van der Waals surface area contributed by atoms with Gasteiger partial charge in [0.15, 0.2) is 17.5 Å². The van der Waals surface area contributed by atoms with Crippen molar-refractivity contribution in [2.75, 3.05) is 0 Å². The van der Waals surface area contributed by atoms with Crippen LogP contribution in [0.4, 0.5) is 0 Å². The molecule has 0 fully saturated rings. The molecule has 4 heteroatoms. The molecule has 2 aromatic carbocycles. The fraction of sp³-hybridized carbons (Fsp3) is 0.0952. The summed E-state index contributed by atoms with van der Waals surface area (Å²) in [6, 6.07) is 18.1. The minimum atomic E-state index is 0.695. The van der Waals surface area contributed by atoms with Crippen molar-refractivity contribution in [2.45, 2.75) is 12.8 Å². The molecule has 0 radical (unpaired) electrons. The first-order valence-corrected chi connectivity index (χ1v) is 9.02. The van der Waals surface area contributed by atoms with Gasteiger partial charge >= 0.3 is 0 Å². The van der Waals surface area contributed by atoms with Crippen LogP contribution >= 0.6 is 15.9 Å². The number of hydrogen-bond acceptors (Lipinski definition) is 3. The van der Waals surface area contributed by atoms with Gasteiger partial charge in [-0.05, 0) is 30.5 Å². The Kier molecular flexibility index (Phi) is 4.53. The highest BCUT2D eigenvalue weighted by molar-refractivity contribution is 9.10. The van der Waals surface area contributed by atoms with E-state index in [1.165, 1.54) is 0 Å². The van der Waals surface area contributed by atoms with E-state index in [9.17, 15) is 0 Å². The second-order valence-corrected chi connectivity index (χ2v) is 6.76. The molecular weight excluding hydrogens is 374 g/mol. The number of halogens is 1. The van der Waals surface area contributed by atoms with Crippen molar-refractivity contribution in [3.63, 3.8) is 0 Å². The highest BCUT2D eigenvalue weighted by Crippen LogP contribution is 2.27. The summed E-state index contributed by atoms with van der Waals surface area (Å²) in [5.41, 5.74) is 3.12. The van der Waals surface area contributed by atoms with Gasteiger partial charge in [0.25, 0.3) is 0 Å². The Hall–Kier alpha value is -2.59. The summed E-state index contributed by atoms with van der Waals surface area (Å²) in [6.07, 6.45) is 8.30. The number of benzene rings is 2. The SMILES string of the molecule is Brc1cccc(-c2nc(C3=CC=CCC3)nc(-c3ccccc3)n2)c1. The lowest BCUT2D eigenvalue weighted by molar-refractivity contribution is 0.978. The first-order chi connectivity index (χ1) is 12.3. The molecule has 3 aromatic rings. The molecule has 0 atom stereocenters. The molecule has 122 valence electrons. The number of hydrogen-bond donors (Lipinski definition) is 0. The van der Waals surface area contributed by atoms with E-state index >= 15 is 0 Å². The average molecular weight is 390 g/mol. The summed E-state index contributed by atoms with van der Waals surface area (Å²) in [6.45, 7) is 0. The average Bonchev–Trinajstić information content (AvgIpc) is 2.69. The van der Waals surface area contributed by atoms with E-state index in [1.807, 2.05) is 54.6 Å². The Labute approximate surface area is 155 Å². The molecule has 0 unspecified atom stereocenters. The third-order valence-corrected chi connectivity index (χ3v) is 4.54. The van der Waals surface area contributed by atoms with Crippen LogP contribution in [0.5, 0.6) is 0 Å². The van der Waals surface area contributed by atoms with E-state index in [0.717, 1.165) is 39.8 Å². The second kappa shape index (κ2) is 7.11. The van der Waals surface area contributed by atoms with Gasteiger partial charge in [0.05, 0.1) is 0 Å². The van der Waals surface area contributed by atoms with Gasteiger partial charge in [-0.25, -0.2) is 15.0 Å². The van der Waals surface area contributed by atoms with Crippen molar-refractivity contribution in [2.24, 2.45) is 0 Å². The number of nitrogens with zero attached hydrogens (tertiary/aromatic N) is 3. The zero-order chi connectivity index (χ0) is 17.1. The van der Waals surface area contributed by atoms with Crippen molar-refractivity contribution < 1.29 is 0 Å². The quantitative estimate of drug-likeness (QED) is 0.576. The van der Waals surface area contributed by atoms with Crippen molar-refractivity contribution in [1.82, 2.24) is 15.0 Å². The van der Waals surface area contributed by atoms with Crippen molar-refractivity contribution in [1.29, 1.82) is 0 Å². The molecule has 0 saturated carbocycles. The van der Waals surface area contributed by atoms with Gasteiger partial charge in [0, 0.05) is 15.6 Å². The smallest absolute Gasteiger partial charge is 0.164 e. The van der Waals surface area contributed by atoms with Crippen LogP contribution in [0.25, 0.3) is 28.3 Å². The summed E-state index contributed by atoms with van der Waals surface area (Å²) >= 11 is 3.53. The van der Waals surface area contributed by atoms with Crippen LogP contribution in [0.2, 0.25) is 0 Å². The van der Waals surface area contributed by atoms with Gasteiger partial charge < -0.3 is 0 Å². The van der Waals surface area contributed by atoms with Gasteiger partial charge in [-0.1, -0.05) is 76.6 Å². The van der Waals surface area contributed by atoms with Crippen LogP contribution in [-0.4, -0.2) is 15.0 Å². The molecule has 4 rings (SSSR count). The zero-order valence-corrected chi connectivity index (χ0v) is 15.1. The summed E-state index contributed by atoms with van der Waals surface area (Å²) in [5.74, 6) is 2.16. The van der Waals surface area contributed by atoms with Gasteiger partial charge in [-0.2, -0.15) is 0 Å². The summed E-state index contributed by atoms with van der Waals surface area (Å²) in [7, 11) is 0. The molecule has 0 amide bonds. The van der Waals surface area contributed by atoms with Gasteiger partial charge in [-0.15, -0.1) is 0 Å². The summed E-state index contributed by atoms with van der Waals surface area (Å²) in [5, 5.41) is 0. The van der Waals surface area contributed by atoms with Crippen molar-refractivity contribution in [3.05, 3.63) is 83.1 Å². The van der Waals surface area contributed by atoms with Gasteiger partial charge in [0.2, 0.25) is 0 Å². The van der Waals surface area contributed by atoms with E-state index in [1.54, 1.807) is 0 Å². The van der Waals surface area contributed by atoms with E-state index < -0.39 is 0 Å². The van der Waals surface area contributed by atoms with E-state index in [4.69, 9.17) is 15.0 Å². The van der Waals surface area contributed by atoms with Crippen LogP contribution in [-0.2, 0) is 0 Å². The first-order valence-electron chi connectivity index (χ1n) is 8.23. The molecule has 1 aliphatic carbocycles. The topological polar surface area (TPSA) is 38.7 Å². The Balaban J connectivity index is 1.89. The Morgan fingerprint density at radius 3 is 2.20 bits per heavy atom. The second-order valence-electron chi connectivity index (χ2n) is 5.84. The number of aromatic nitrogens is 3. The molecule has 3 nitrogen and oxygen atoms in total. The van der Waals surface area contributed by atoms with Crippen LogP contribution in [0, 0.1) is 0 Å². The molecule has 1 aromatic heterocycles. The van der Waals surface area contributed by atoms with Crippen LogP contribution in [0.3, 0.4) is 0 Å².